The summed E-state index contributed by atoms with van der Waals surface area (Å²) in [6, 6.07) is 11.7. The average molecular weight is 442 g/mol. The number of ether oxygens (including phenoxy) is 2. The predicted molar refractivity (Wildman–Crippen MR) is 119 cm³/mol. The van der Waals surface area contributed by atoms with Crippen LogP contribution in [0.4, 0.5) is 0 Å². The fraction of sp³-hybridized carbons (Fsp3) is 0.333. The summed E-state index contributed by atoms with van der Waals surface area (Å²) < 4.78 is 16.9. The van der Waals surface area contributed by atoms with E-state index < -0.39 is 6.04 Å². The SMILES string of the molecule is COc1cccc(C2c3c(oc4ccc(Cl)cc4c3=O)C(=O)N2CCCOC(C)C)c1. The first kappa shape index (κ1) is 21.4. The lowest BCUT2D eigenvalue weighted by molar-refractivity contribution is 0.0593. The molecule has 0 aliphatic carbocycles. The van der Waals surface area contributed by atoms with Crippen molar-refractivity contribution in [2.45, 2.75) is 32.4 Å². The number of halogens is 1. The second-order valence-corrected chi connectivity index (χ2v) is 8.20. The first-order valence-corrected chi connectivity index (χ1v) is 10.6. The van der Waals surface area contributed by atoms with E-state index in [0.29, 0.717) is 46.9 Å². The highest BCUT2D eigenvalue weighted by molar-refractivity contribution is 6.31. The maximum Gasteiger partial charge on any atom is 0.290 e. The van der Waals surface area contributed by atoms with E-state index in [2.05, 4.69) is 0 Å². The van der Waals surface area contributed by atoms with Crippen LogP contribution in [0.15, 0.2) is 51.7 Å². The monoisotopic (exact) mass is 441 g/mol. The summed E-state index contributed by atoms with van der Waals surface area (Å²) in [5.74, 6) is 0.424. The number of hydrogen-bond donors (Lipinski definition) is 0. The number of fused-ring (bicyclic) bond motifs is 2. The second kappa shape index (κ2) is 8.73. The summed E-state index contributed by atoms with van der Waals surface area (Å²) in [4.78, 5) is 28.5. The van der Waals surface area contributed by atoms with Gasteiger partial charge in [0.2, 0.25) is 5.76 Å². The van der Waals surface area contributed by atoms with Crippen LogP contribution >= 0.6 is 11.6 Å². The van der Waals surface area contributed by atoms with Crippen molar-refractivity contribution in [3.63, 3.8) is 0 Å². The number of hydrogen-bond acceptors (Lipinski definition) is 5. The molecule has 162 valence electrons. The van der Waals surface area contributed by atoms with E-state index in [4.69, 9.17) is 25.5 Å². The van der Waals surface area contributed by atoms with Gasteiger partial charge in [-0.25, -0.2) is 0 Å². The van der Waals surface area contributed by atoms with Gasteiger partial charge in [-0.2, -0.15) is 0 Å². The summed E-state index contributed by atoms with van der Waals surface area (Å²) in [5.41, 5.74) is 1.21. The third kappa shape index (κ3) is 4.05. The number of benzene rings is 2. The van der Waals surface area contributed by atoms with Crippen LogP contribution < -0.4 is 10.2 Å². The summed E-state index contributed by atoms with van der Waals surface area (Å²) in [6.07, 6.45) is 0.747. The molecule has 3 aromatic rings. The van der Waals surface area contributed by atoms with E-state index in [1.807, 2.05) is 38.1 Å². The molecule has 31 heavy (non-hydrogen) atoms. The molecule has 0 fully saturated rings. The molecule has 0 bridgehead atoms. The Morgan fingerprint density at radius 2 is 1.97 bits per heavy atom. The van der Waals surface area contributed by atoms with Gasteiger partial charge in [0.15, 0.2) is 5.43 Å². The molecule has 1 unspecified atom stereocenters. The summed E-state index contributed by atoms with van der Waals surface area (Å²) >= 11 is 6.11. The molecule has 0 N–H and O–H groups in total. The third-order valence-electron chi connectivity index (χ3n) is 5.33. The molecule has 0 spiro atoms. The van der Waals surface area contributed by atoms with Crippen LogP contribution in [-0.4, -0.2) is 37.2 Å². The van der Waals surface area contributed by atoms with Gasteiger partial charge in [-0.05, 0) is 56.2 Å². The zero-order valence-electron chi connectivity index (χ0n) is 17.7. The Labute approximate surface area is 185 Å². The van der Waals surface area contributed by atoms with E-state index in [1.165, 1.54) is 0 Å². The van der Waals surface area contributed by atoms with Gasteiger partial charge < -0.3 is 18.8 Å². The molecule has 0 saturated carbocycles. The average Bonchev–Trinajstić information content (AvgIpc) is 3.04. The maximum absolute atomic E-state index is 13.5. The number of nitrogens with zero attached hydrogens (tertiary/aromatic N) is 1. The molecule has 0 radical (unpaired) electrons. The van der Waals surface area contributed by atoms with Crippen LogP contribution in [0.5, 0.6) is 5.75 Å². The molecule has 1 amide bonds. The fourth-order valence-corrected chi connectivity index (χ4v) is 4.11. The Morgan fingerprint density at radius 3 is 2.71 bits per heavy atom. The number of carbonyl (C=O) groups is 1. The van der Waals surface area contributed by atoms with Gasteiger partial charge >= 0.3 is 0 Å². The van der Waals surface area contributed by atoms with E-state index in [9.17, 15) is 9.59 Å². The highest BCUT2D eigenvalue weighted by Gasteiger charge is 2.42. The van der Waals surface area contributed by atoms with Gasteiger partial charge in [0, 0.05) is 18.2 Å². The van der Waals surface area contributed by atoms with Crippen molar-refractivity contribution in [1.82, 2.24) is 4.90 Å². The fourth-order valence-electron chi connectivity index (χ4n) is 3.94. The number of amides is 1. The van der Waals surface area contributed by atoms with Gasteiger partial charge in [0.05, 0.1) is 30.2 Å². The minimum absolute atomic E-state index is 0.0809. The second-order valence-electron chi connectivity index (χ2n) is 7.77. The number of methoxy groups -OCH3 is 1. The molecular weight excluding hydrogens is 418 g/mol. The van der Waals surface area contributed by atoms with Crippen molar-refractivity contribution >= 4 is 28.5 Å². The summed E-state index contributed by atoms with van der Waals surface area (Å²) in [7, 11) is 1.58. The van der Waals surface area contributed by atoms with Crippen LogP contribution in [0.2, 0.25) is 5.02 Å². The zero-order chi connectivity index (χ0) is 22.1. The lowest BCUT2D eigenvalue weighted by Crippen LogP contribution is -2.31. The normalized spacial score (nSPS) is 15.7. The van der Waals surface area contributed by atoms with Crippen molar-refractivity contribution in [2.75, 3.05) is 20.3 Å². The van der Waals surface area contributed by atoms with E-state index >= 15 is 0 Å². The van der Waals surface area contributed by atoms with Crippen molar-refractivity contribution in [1.29, 1.82) is 0 Å². The molecule has 1 aliphatic heterocycles. The van der Waals surface area contributed by atoms with Crippen LogP contribution in [0, 0.1) is 0 Å². The Bertz CT molecular complexity index is 1190. The largest absolute Gasteiger partial charge is 0.497 e. The lowest BCUT2D eigenvalue weighted by Gasteiger charge is -2.25. The quantitative estimate of drug-likeness (QED) is 0.492. The highest BCUT2D eigenvalue weighted by Crippen LogP contribution is 2.39. The minimum Gasteiger partial charge on any atom is -0.497 e. The summed E-state index contributed by atoms with van der Waals surface area (Å²) in [6.45, 7) is 4.88. The third-order valence-corrected chi connectivity index (χ3v) is 5.57. The number of carbonyl (C=O) groups excluding carboxylic acids is 1. The lowest BCUT2D eigenvalue weighted by atomic mass is 9.98. The Kier molecular flexibility index (Phi) is 6.03. The highest BCUT2D eigenvalue weighted by atomic mass is 35.5. The van der Waals surface area contributed by atoms with Crippen LogP contribution in [0.3, 0.4) is 0 Å². The van der Waals surface area contributed by atoms with Crippen LogP contribution in [0.25, 0.3) is 11.0 Å². The van der Waals surface area contributed by atoms with Crippen LogP contribution in [-0.2, 0) is 4.74 Å². The van der Waals surface area contributed by atoms with Crippen molar-refractivity contribution in [3.05, 3.63) is 74.6 Å². The van der Waals surface area contributed by atoms with Gasteiger partial charge in [-0.1, -0.05) is 23.7 Å². The van der Waals surface area contributed by atoms with E-state index in [0.717, 1.165) is 5.56 Å². The summed E-state index contributed by atoms with van der Waals surface area (Å²) in [5, 5.41) is 0.793. The van der Waals surface area contributed by atoms with Crippen molar-refractivity contribution in [2.24, 2.45) is 0 Å². The van der Waals surface area contributed by atoms with Crippen molar-refractivity contribution < 1.29 is 18.7 Å². The van der Waals surface area contributed by atoms with Crippen LogP contribution in [0.1, 0.15) is 48.0 Å². The Morgan fingerprint density at radius 1 is 1.16 bits per heavy atom. The molecule has 1 aliphatic rings. The zero-order valence-corrected chi connectivity index (χ0v) is 18.4. The van der Waals surface area contributed by atoms with Gasteiger partial charge in [0.1, 0.15) is 11.3 Å². The van der Waals surface area contributed by atoms with Crippen molar-refractivity contribution in [3.8, 4) is 5.75 Å². The van der Waals surface area contributed by atoms with Gasteiger partial charge in [0.25, 0.3) is 5.91 Å². The molecule has 2 aromatic carbocycles. The van der Waals surface area contributed by atoms with E-state index in [1.54, 1.807) is 30.2 Å². The molecule has 2 heterocycles. The molecule has 1 aromatic heterocycles. The molecular formula is C24H24ClNO5. The first-order valence-electron chi connectivity index (χ1n) is 10.2. The maximum atomic E-state index is 13.5. The minimum atomic E-state index is -0.573. The predicted octanol–water partition coefficient (Wildman–Crippen LogP) is 4.82. The van der Waals surface area contributed by atoms with Gasteiger partial charge in [-0.3, -0.25) is 9.59 Å². The Hall–Kier alpha value is -2.83. The number of rotatable bonds is 7. The molecule has 7 heteroatoms. The molecule has 1 atom stereocenters. The standard InChI is InChI=1S/C24H24ClNO5/c1-14(2)30-11-5-10-26-21(15-6-4-7-17(12-15)29-3)20-22(27)18-13-16(25)8-9-19(18)31-23(20)24(26)28/h4,6-9,12-14,21H,5,10-11H2,1-3H3. The van der Waals surface area contributed by atoms with E-state index in [-0.39, 0.29) is 23.2 Å². The topological polar surface area (TPSA) is 69.0 Å². The molecule has 4 rings (SSSR count). The van der Waals surface area contributed by atoms with Gasteiger partial charge in [-0.15, -0.1) is 0 Å². The Balaban J connectivity index is 1.83. The first-order chi connectivity index (χ1) is 14.9. The smallest absolute Gasteiger partial charge is 0.290 e. The molecule has 0 saturated heterocycles. The molecule has 6 nitrogen and oxygen atoms in total.